The van der Waals surface area contributed by atoms with Crippen LogP contribution in [0.2, 0.25) is 5.02 Å². The van der Waals surface area contributed by atoms with Gasteiger partial charge in [0.15, 0.2) is 0 Å². The second-order valence-corrected chi connectivity index (χ2v) is 10.9. The van der Waals surface area contributed by atoms with Gasteiger partial charge in [0, 0.05) is 37.8 Å². The summed E-state index contributed by atoms with van der Waals surface area (Å²) in [6.07, 6.45) is 1.40. The largest absolute Gasteiger partial charge is 0.353 e. The number of piperazine rings is 1. The summed E-state index contributed by atoms with van der Waals surface area (Å²) in [6, 6.07) is 10.4. The predicted molar refractivity (Wildman–Crippen MR) is 142 cm³/mol. The first-order chi connectivity index (χ1) is 17.1. The molecule has 1 saturated heterocycles. The van der Waals surface area contributed by atoms with Crippen molar-refractivity contribution in [1.29, 1.82) is 5.26 Å². The van der Waals surface area contributed by atoms with Crippen molar-refractivity contribution in [3.63, 3.8) is 0 Å². The van der Waals surface area contributed by atoms with Gasteiger partial charge in [0.05, 0.1) is 28.6 Å². The number of aromatic nitrogens is 3. The van der Waals surface area contributed by atoms with Gasteiger partial charge in [-0.3, -0.25) is 9.47 Å². The van der Waals surface area contributed by atoms with Gasteiger partial charge in [-0.2, -0.15) is 10.2 Å². The quantitative estimate of drug-likeness (QED) is 0.458. The number of nitriles is 1. The van der Waals surface area contributed by atoms with Crippen molar-refractivity contribution in [3.8, 4) is 17.3 Å². The van der Waals surface area contributed by atoms with Crippen molar-refractivity contribution in [1.82, 2.24) is 19.4 Å². The monoisotopic (exact) mass is 510 g/mol. The van der Waals surface area contributed by atoms with Gasteiger partial charge in [0.1, 0.15) is 17.3 Å². The summed E-state index contributed by atoms with van der Waals surface area (Å²) in [6.45, 7) is 11.5. The number of hydrogen-bond donors (Lipinski definition) is 0. The number of halogens is 2. The minimum atomic E-state index is -0.434. The van der Waals surface area contributed by atoms with Crippen LogP contribution < -0.4 is 10.6 Å². The molecule has 0 N–H and O–H groups in total. The maximum atomic E-state index is 14.7. The number of benzene rings is 1. The average molecular weight is 511 g/mol. The van der Waals surface area contributed by atoms with Crippen LogP contribution in [0.15, 0.2) is 35.1 Å². The Morgan fingerprint density at radius 2 is 1.97 bits per heavy atom. The fourth-order valence-corrected chi connectivity index (χ4v) is 5.07. The molecule has 3 aromatic rings. The van der Waals surface area contributed by atoms with E-state index in [0.717, 1.165) is 19.5 Å². The Bertz CT molecular complexity index is 1360. The van der Waals surface area contributed by atoms with Crippen molar-refractivity contribution in [2.45, 2.75) is 53.1 Å². The maximum absolute atomic E-state index is 14.7. The zero-order valence-electron chi connectivity index (χ0n) is 21.3. The average Bonchev–Trinajstić information content (AvgIpc) is 2.82. The maximum Gasteiger partial charge on any atom is 0.351 e. The molecule has 1 aliphatic heterocycles. The molecule has 9 heteroatoms. The summed E-state index contributed by atoms with van der Waals surface area (Å²) >= 11 is 6.67. The van der Waals surface area contributed by atoms with E-state index in [4.69, 9.17) is 16.6 Å². The van der Waals surface area contributed by atoms with E-state index in [1.807, 2.05) is 20.8 Å². The van der Waals surface area contributed by atoms with Gasteiger partial charge in [0.25, 0.3) is 0 Å². The highest BCUT2D eigenvalue weighted by atomic mass is 35.5. The van der Waals surface area contributed by atoms with E-state index in [-0.39, 0.29) is 27.7 Å². The fourth-order valence-electron chi connectivity index (χ4n) is 4.82. The molecule has 190 valence electrons. The van der Waals surface area contributed by atoms with Crippen molar-refractivity contribution in [2.75, 3.05) is 31.1 Å². The second-order valence-electron chi connectivity index (χ2n) is 10.5. The van der Waals surface area contributed by atoms with Crippen LogP contribution in [0, 0.1) is 22.6 Å². The summed E-state index contributed by atoms with van der Waals surface area (Å²) in [7, 11) is 0. The van der Waals surface area contributed by atoms with Gasteiger partial charge in [-0.1, -0.05) is 51.4 Å². The lowest BCUT2D eigenvalue weighted by Crippen LogP contribution is -2.53. The van der Waals surface area contributed by atoms with Gasteiger partial charge >= 0.3 is 5.69 Å². The van der Waals surface area contributed by atoms with Gasteiger partial charge in [-0.25, -0.2) is 14.2 Å². The first-order valence-electron chi connectivity index (χ1n) is 12.3. The molecule has 0 bridgehead atoms. The Balaban J connectivity index is 1.90. The van der Waals surface area contributed by atoms with Crippen LogP contribution >= 0.6 is 11.6 Å². The Morgan fingerprint density at radius 1 is 1.22 bits per heavy atom. The van der Waals surface area contributed by atoms with E-state index in [9.17, 15) is 14.4 Å². The lowest BCUT2D eigenvalue weighted by molar-refractivity contribution is 0.179. The van der Waals surface area contributed by atoms with E-state index < -0.39 is 11.5 Å². The predicted octanol–water partition coefficient (Wildman–Crippen LogP) is 5.11. The SMILES string of the molecule is CCCN1CCN(c2nc(=O)n(CC(C)(C)C)c3nc(-c4ccccc4F)c(Cl)cc23)CC1CC#N. The molecule has 0 spiro atoms. The van der Waals surface area contributed by atoms with Crippen LogP contribution in [0.5, 0.6) is 0 Å². The third-order valence-corrected chi connectivity index (χ3v) is 6.68. The number of rotatable bonds is 6. The smallest absolute Gasteiger partial charge is 0.351 e. The molecule has 4 rings (SSSR count). The molecular formula is C27H32ClFN6O. The normalized spacial score (nSPS) is 16.9. The van der Waals surface area contributed by atoms with Crippen LogP contribution in [0.3, 0.4) is 0 Å². The van der Waals surface area contributed by atoms with Crippen LogP contribution in [-0.4, -0.2) is 51.7 Å². The number of nitrogens with zero attached hydrogens (tertiary/aromatic N) is 6. The van der Waals surface area contributed by atoms with Gasteiger partial charge < -0.3 is 4.90 Å². The molecule has 0 aliphatic carbocycles. The fraction of sp³-hybridized carbons (Fsp3) is 0.481. The molecule has 2 aromatic heterocycles. The lowest BCUT2D eigenvalue weighted by atomic mass is 9.97. The third-order valence-electron chi connectivity index (χ3n) is 6.39. The molecule has 0 radical (unpaired) electrons. The van der Waals surface area contributed by atoms with Crippen LogP contribution in [0.25, 0.3) is 22.3 Å². The van der Waals surface area contributed by atoms with Crippen molar-refractivity contribution >= 4 is 28.5 Å². The van der Waals surface area contributed by atoms with E-state index in [1.54, 1.807) is 28.8 Å². The highest BCUT2D eigenvalue weighted by Crippen LogP contribution is 2.34. The first kappa shape index (κ1) is 26.1. The van der Waals surface area contributed by atoms with E-state index in [2.05, 4.69) is 27.8 Å². The van der Waals surface area contributed by atoms with Crippen molar-refractivity contribution in [3.05, 3.63) is 51.7 Å². The molecule has 1 unspecified atom stereocenters. The molecule has 0 saturated carbocycles. The highest BCUT2D eigenvalue weighted by Gasteiger charge is 2.30. The highest BCUT2D eigenvalue weighted by molar-refractivity contribution is 6.33. The molecule has 1 atom stereocenters. The van der Waals surface area contributed by atoms with E-state index >= 15 is 0 Å². The Hall–Kier alpha value is -3.02. The Morgan fingerprint density at radius 3 is 2.64 bits per heavy atom. The summed E-state index contributed by atoms with van der Waals surface area (Å²) in [5.41, 5.74) is 0.365. The summed E-state index contributed by atoms with van der Waals surface area (Å²) in [4.78, 5) is 27.0. The summed E-state index contributed by atoms with van der Waals surface area (Å²) in [5, 5.41) is 10.3. The zero-order valence-corrected chi connectivity index (χ0v) is 22.0. The molecule has 0 amide bonds. The molecule has 36 heavy (non-hydrogen) atoms. The molecule has 1 fully saturated rings. The van der Waals surface area contributed by atoms with Gasteiger partial charge in [-0.15, -0.1) is 0 Å². The molecule has 7 nitrogen and oxygen atoms in total. The molecule has 1 aromatic carbocycles. The topological polar surface area (TPSA) is 78.0 Å². The zero-order chi connectivity index (χ0) is 26.0. The van der Waals surface area contributed by atoms with Crippen LogP contribution in [-0.2, 0) is 6.54 Å². The van der Waals surface area contributed by atoms with Gasteiger partial charge in [-0.05, 0) is 36.6 Å². The number of anilines is 1. The van der Waals surface area contributed by atoms with Crippen molar-refractivity contribution in [2.24, 2.45) is 5.41 Å². The van der Waals surface area contributed by atoms with Crippen LogP contribution in [0.4, 0.5) is 10.2 Å². The molecular weight excluding hydrogens is 479 g/mol. The van der Waals surface area contributed by atoms with E-state index in [0.29, 0.717) is 42.9 Å². The standard InChI is InChI=1S/C27H32ClFN6O/c1-5-12-33-13-14-34(16-18(33)10-11-30)24-20-15-21(28)23(19-8-6-7-9-22(19)29)31-25(20)35(26(36)32-24)17-27(2,3)4/h6-9,15,18H,5,10,12-14,16-17H2,1-4H3. The molecule has 3 heterocycles. The minimum absolute atomic E-state index is 0.0404. The van der Waals surface area contributed by atoms with E-state index in [1.165, 1.54) is 6.07 Å². The van der Waals surface area contributed by atoms with Crippen molar-refractivity contribution < 1.29 is 4.39 Å². The lowest BCUT2D eigenvalue weighted by Gasteiger charge is -2.41. The Kier molecular flexibility index (Phi) is 7.62. The van der Waals surface area contributed by atoms with Crippen LogP contribution in [0.1, 0.15) is 40.5 Å². The number of pyridine rings is 1. The number of fused-ring (bicyclic) bond motifs is 1. The summed E-state index contributed by atoms with van der Waals surface area (Å²) in [5.74, 6) is 0.0744. The summed E-state index contributed by atoms with van der Waals surface area (Å²) < 4.78 is 16.2. The Labute approximate surface area is 216 Å². The molecule has 1 aliphatic rings. The third kappa shape index (κ3) is 5.37. The first-order valence-corrected chi connectivity index (χ1v) is 12.7. The second kappa shape index (κ2) is 10.5. The minimum Gasteiger partial charge on any atom is -0.353 e. The van der Waals surface area contributed by atoms with Gasteiger partial charge in [0.2, 0.25) is 0 Å². The number of hydrogen-bond acceptors (Lipinski definition) is 6.